The zero-order valence-electron chi connectivity index (χ0n) is 9.11. The zero-order valence-corrected chi connectivity index (χ0v) is 10.1. The van der Waals surface area contributed by atoms with Crippen LogP contribution in [0.2, 0.25) is 0 Å². The summed E-state index contributed by atoms with van der Waals surface area (Å²) in [5.74, 6) is -0.468. The van der Waals surface area contributed by atoms with E-state index in [0.717, 1.165) is 0 Å². The number of hydrogen-bond acceptors (Lipinski definition) is 3. The van der Waals surface area contributed by atoms with Crippen LogP contribution < -0.4 is 34.9 Å². The third-order valence-electron chi connectivity index (χ3n) is 1.55. The molecule has 0 fully saturated rings. The number of para-hydroxylation sites is 1. The van der Waals surface area contributed by atoms with Gasteiger partial charge in [0.2, 0.25) is 6.41 Å². The van der Waals surface area contributed by atoms with Gasteiger partial charge in [0.25, 0.3) is 0 Å². The molecule has 0 heterocycles. The minimum Gasteiger partial charge on any atom is -1.00 e. The number of ether oxygens (including phenoxy) is 1. The Morgan fingerprint density at radius 2 is 2.14 bits per heavy atom. The molecule has 0 bridgehead atoms. The first-order valence-corrected chi connectivity index (χ1v) is 3.67. The van der Waals surface area contributed by atoms with E-state index in [1.54, 1.807) is 24.3 Å². The SMILES string of the molecule is COC(=O)c1ccccc1NC=O.[H-].[Na+]. The molecule has 0 saturated carbocycles. The number of carbonyl (C=O) groups is 2. The van der Waals surface area contributed by atoms with Crippen LogP contribution in [-0.2, 0) is 9.53 Å². The van der Waals surface area contributed by atoms with Crippen molar-refractivity contribution in [3.63, 3.8) is 0 Å². The van der Waals surface area contributed by atoms with E-state index in [0.29, 0.717) is 17.7 Å². The maximum absolute atomic E-state index is 11.1. The summed E-state index contributed by atoms with van der Waals surface area (Å²) in [6, 6.07) is 6.62. The first kappa shape index (κ1) is 13.2. The van der Waals surface area contributed by atoms with Gasteiger partial charge < -0.3 is 11.5 Å². The molecule has 1 aromatic carbocycles. The average Bonchev–Trinajstić information content (AvgIpc) is 2.18. The quantitative estimate of drug-likeness (QED) is 0.357. The van der Waals surface area contributed by atoms with Gasteiger partial charge in [-0.2, -0.15) is 0 Å². The average molecular weight is 203 g/mol. The van der Waals surface area contributed by atoms with Crippen molar-refractivity contribution in [2.45, 2.75) is 0 Å². The normalized spacial score (nSPS) is 8.36. The fraction of sp³-hybridized carbons (Fsp3) is 0.111. The molecule has 0 aromatic heterocycles. The van der Waals surface area contributed by atoms with Crippen molar-refractivity contribution in [1.82, 2.24) is 0 Å². The summed E-state index contributed by atoms with van der Waals surface area (Å²) < 4.78 is 4.53. The molecule has 1 N–H and O–H groups in total. The van der Waals surface area contributed by atoms with Crippen LogP contribution in [0.15, 0.2) is 24.3 Å². The number of amides is 1. The third-order valence-corrected chi connectivity index (χ3v) is 1.55. The molecule has 14 heavy (non-hydrogen) atoms. The molecule has 0 unspecified atom stereocenters. The Labute approximate surface area is 105 Å². The molecule has 0 radical (unpaired) electrons. The van der Waals surface area contributed by atoms with E-state index in [1.165, 1.54) is 7.11 Å². The van der Waals surface area contributed by atoms with Gasteiger partial charge in [-0.15, -0.1) is 0 Å². The molecule has 1 aromatic rings. The number of carbonyl (C=O) groups excluding carboxylic acids is 2. The summed E-state index contributed by atoms with van der Waals surface area (Å²) in [7, 11) is 1.29. The first-order chi connectivity index (χ1) is 6.29. The number of benzene rings is 1. The van der Waals surface area contributed by atoms with Crippen molar-refractivity contribution in [1.29, 1.82) is 0 Å². The smallest absolute Gasteiger partial charge is 1.00 e. The van der Waals surface area contributed by atoms with Crippen LogP contribution in [0, 0.1) is 0 Å². The predicted octanol–water partition coefficient (Wildman–Crippen LogP) is -1.84. The number of esters is 1. The maximum atomic E-state index is 11.1. The number of methoxy groups -OCH3 is 1. The second-order valence-corrected chi connectivity index (χ2v) is 2.30. The minimum atomic E-state index is -0.468. The zero-order chi connectivity index (χ0) is 9.68. The number of hydrogen-bond donors (Lipinski definition) is 1. The molecule has 0 atom stereocenters. The van der Waals surface area contributed by atoms with Crippen LogP contribution in [0.5, 0.6) is 0 Å². The summed E-state index contributed by atoms with van der Waals surface area (Å²) in [5, 5.41) is 2.41. The largest absolute Gasteiger partial charge is 1.00 e. The van der Waals surface area contributed by atoms with Gasteiger partial charge >= 0.3 is 35.5 Å². The predicted molar refractivity (Wildman–Crippen MR) is 48.6 cm³/mol. The summed E-state index contributed by atoms with van der Waals surface area (Å²) in [6.07, 6.45) is 0.516. The van der Waals surface area contributed by atoms with Gasteiger partial charge in [0, 0.05) is 0 Å². The van der Waals surface area contributed by atoms with Gasteiger partial charge in [0.15, 0.2) is 0 Å². The molecule has 0 aliphatic carbocycles. The number of anilines is 1. The van der Waals surface area contributed by atoms with E-state index in [2.05, 4.69) is 10.1 Å². The second-order valence-electron chi connectivity index (χ2n) is 2.30. The molecule has 1 rings (SSSR count). The van der Waals surface area contributed by atoms with Crippen molar-refractivity contribution in [3.05, 3.63) is 29.8 Å². The number of nitrogens with one attached hydrogen (secondary N) is 1. The van der Waals surface area contributed by atoms with Crippen molar-refractivity contribution in [2.75, 3.05) is 12.4 Å². The van der Waals surface area contributed by atoms with E-state index in [4.69, 9.17) is 0 Å². The van der Waals surface area contributed by atoms with Gasteiger partial charge in [-0.3, -0.25) is 4.79 Å². The van der Waals surface area contributed by atoms with Crippen LogP contribution in [-0.4, -0.2) is 19.5 Å². The Kier molecular flexibility index (Phi) is 6.19. The third kappa shape index (κ3) is 3.14. The fourth-order valence-corrected chi connectivity index (χ4v) is 0.960. The Hall–Kier alpha value is -0.840. The van der Waals surface area contributed by atoms with Crippen molar-refractivity contribution in [2.24, 2.45) is 0 Å². The number of rotatable bonds is 3. The Morgan fingerprint density at radius 1 is 1.50 bits per heavy atom. The second kappa shape index (κ2) is 6.59. The van der Waals surface area contributed by atoms with E-state index >= 15 is 0 Å². The van der Waals surface area contributed by atoms with Crippen molar-refractivity contribution < 1.29 is 45.3 Å². The van der Waals surface area contributed by atoms with Crippen molar-refractivity contribution >= 4 is 18.1 Å². The van der Waals surface area contributed by atoms with Gasteiger partial charge in [0.05, 0.1) is 18.4 Å². The monoisotopic (exact) mass is 203 g/mol. The van der Waals surface area contributed by atoms with Crippen LogP contribution in [0.3, 0.4) is 0 Å². The molecule has 5 heteroatoms. The van der Waals surface area contributed by atoms with Crippen LogP contribution in [0.1, 0.15) is 11.8 Å². The van der Waals surface area contributed by atoms with Gasteiger partial charge in [-0.1, -0.05) is 12.1 Å². The molecule has 0 aliphatic heterocycles. The molecule has 1 amide bonds. The first-order valence-electron chi connectivity index (χ1n) is 3.67. The van der Waals surface area contributed by atoms with Gasteiger partial charge in [-0.25, -0.2) is 4.79 Å². The fourth-order valence-electron chi connectivity index (χ4n) is 0.960. The molecular formula is C9H10NNaO3. The summed E-state index contributed by atoms with van der Waals surface area (Å²) >= 11 is 0. The van der Waals surface area contributed by atoms with Gasteiger partial charge in [-0.05, 0) is 12.1 Å². The summed E-state index contributed by atoms with van der Waals surface area (Å²) in [6.45, 7) is 0. The maximum Gasteiger partial charge on any atom is 1.00 e. The summed E-state index contributed by atoms with van der Waals surface area (Å²) in [4.78, 5) is 21.3. The van der Waals surface area contributed by atoms with E-state index in [9.17, 15) is 9.59 Å². The minimum absolute atomic E-state index is 0. The molecule has 0 aliphatic rings. The van der Waals surface area contributed by atoms with E-state index in [-0.39, 0.29) is 31.0 Å². The van der Waals surface area contributed by atoms with Crippen LogP contribution in [0.4, 0.5) is 5.69 Å². The molecule has 70 valence electrons. The molecule has 0 saturated heterocycles. The molecular weight excluding hydrogens is 193 g/mol. The van der Waals surface area contributed by atoms with Gasteiger partial charge in [0.1, 0.15) is 0 Å². The van der Waals surface area contributed by atoms with E-state index < -0.39 is 5.97 Å². The van der Waals surface area contributed by atoms with Crippen LogP contribution >= 0.6 is 0 Å². The Bertz CT molecular complexity index is 333. The van der Waals surface area contributed by atoms with Crippen molar-refractivity contribution in [3.8, 4) is 0 Å². The molecule has 4 nitrogen and oxygen atoms in total. The Balaban J connectivity index is 0. The molecule has 0 spiro atoms. The van der Waals surface area contributed by atoms with Crippen LogP contribution in [0.25, 0.3) is 0 Å². The Morgan fingerprint density at radius 3 is 2.71 bits per heavy atom. The topological polar surface area (TPSA) is 55.4 Å². The van der Waals surface area contributed by atoms with E-state index in [1.807, 2.05) is 0 Å². The standard InChI is InChI=1S/C9H9NO3.Na.H/c1-13-9(12)7-4-2-3-5-8(7)10-6-11;;/h2-6H,1H3,(H,10,11);;/q;+1;-1. The summed E-state index contributed by atoms with van der Waals surface area (Å²) in [5.41, 5.74) is 0.793.